The second-order valence-corrected chi connectivity index (χ2v) is 6.55. The van der Waals surface area contributed by atoms with Crippen LogP contribution in [-0.2, 0) is 0 Å². The maximum atomic E-state index is 12.3. The number of aromatic nitrogens is 1. The number of rotatable bonds is 3. The van der Waals surface area contributed by atoms with Crippen LogP contribution in [0.2, 0.25) is 0 Å². The number of alkyl halides is 3. The van der Waals surface area contributed by atoms with E-state index in [2.05, 4.69) is 4.98 Å². The molecule has 0 aliphatic rings. The fraction of sp³-hybridized carbons (Fsp3) is 0.143. The van der Waals surface area contributed by atoms with Crippen LogP contribution in [0.3, 0.4) is 0 Å². The van der Waals surface area contributed by atoms with Gasteiger partial charge in [0.25, 0.3) is 3.79 Å². The Hall–Kier alpha value is -1.29. The van der Waals surface area contributed by atoms with Crippen molar-refractivity contribution in [1.29, 1.82) is 0 Å². The van der Waals surface area contributed by atoms with Gasteiger partial charge in [-0.25, -0.2) is 0 Å². The molecule has 0 saturated carbocycles. The molecule has 1 N–H and O–H groups in total. The molecular formula is C14H10Cl3NO2. The first kappa shape index (κ1) is 15.1. The Morgan fingerprint density at radius 2 is 1.80 bits per heavy atom. The second-order valence-electron chi connectivity index (χ2n) is 4.27. The van der Waals surface area contributed by atoms with Gasteiger partial charge in [0.2, 0.25) is 5.78 Å². The van der Waals surface area contributed by atoms with Crippen molar-refractivity contribution in [2.24, 2.45) is 0 Å². The van der Waals surface area contributed by atoms with Crippen molar-refractivity contribution in [2.75, 3.05) is 0 Å². The molecule has 1 aromatic carbocycles. The molecule has 1 aromatic heterocycles. The van der Waals surface area contributed by atoms with Crippen molar-refractivity contribution in [3.05, 3.63) is 58.9 Å². The summed E-state index contributed by atoms with van der Waals surface area (Å²) in [6.07, 6.45) is 1.43. The predicted octanol–water partition coefficient (Wildman–Crippen LogP) is 4.11. The second kappa shape index (κ2) is 5.60. The molecule has 0 aliphatic heterocycles. The molecule has 0 unspecified atom stereocenters. The molecule has 0 bridgehead atoms. The topological polar surface area (TPSA) is 49.9 Å². The Kier molecular flexibility index (Phi) is 4.23. The highest BCUT2D eigenvalue weighted by Crippen LogP contribution is 2.30. The van der Waals surface area contributed by atoms with Crippen molar-refractivity contribution in [3.8, 4) is 0 Å². The molecule has 1 heterocycles. The summed E-state index contributed by atoms with van der Waals surface area (Å²) in [4.78, 5) is 26.7. The summed E-state index contributed by atoms with van der Waals surface area (Å²) in [5, 5.41) is 0. The van der Waals surface area contributed by atoms with Gasteiger partial charge in [-0.15, -0.1) is 0 Å². The van der Waals surface area contributed by atoms with Crippen LogP contribution in [0.5, 0.6) is 0 Å². The smallest absolute Gasteiger partial charge is 0.254 e. The van der Waals surface area contributed by atoms with Gasteiger partial charge in [-0.05, 0) is 18.6 Å². The number of nitrogens with one attached hydrogen (secondary N) is 1. The molecule has 104 valence electrons. The van der Waals surface area contributed by atoms with E-state index in [0.29, 0.717) is 11.1 Å². The normalized spacial score (nSPS) is 11.4. The molecule has 0 amide bonds. The lowest BCUT2D eigenvalue weighted by Crippen LogP contribution is -2.19. The van der Waals surface area contributed by atoms with E-state index in [0.717, 1.165) is 5.56 Å². The number of ketones is 2. The van der Waals surface area contributed by atoms with E-state index in [4.69, 9.17) is 34.8 Å². The highest BCUT2D eigenvalue weighted by atomic mass is 35.6. The minimum atomic E-state index is -2.05. The van der Waals surface area contributed by atoms with E-state index in [-0.39, 0.29) is 11.5 Å². The van der Waals surface area contributed by atoms with E-state index >= 15 is 0 Å². The predicted molar refractivity (Wildman–Crippen MR) is 80.0 cm³/mol. The Morgan fingerprint density at radius 3 is 2.40 bits per heavy atom. The largest absolute Gasteiger partial charge is 0.358 e. The van der Waals surface area contributed by atoms with Gasteiger partial charge in [0.1, 0.15) is 0 Å². The molecule has 0 saturated heterocycles. The van der Waals surface area contributed by atoms with Crippen LogP contribution in [-0.4, -0.2) is 20.3 Å². The third kappa shape index (κ3) is 3.06. The van der Waals surface area contributed by atoms with Crippen molar-refractivity contribution < 1.29 is 9.59 Å². The average molecular weight is 331 g/mol. The lowest BCUT2D eigenvalue weighted by molar-refractivity contribution is 0.0992. The monoisotopic (exact) mass is 329 g/mol. The third-order valence-electron chi connectivity index (χ3n) is 2.84. The summed E-state index contributed by atoms with van der Waals surface area (Å²) >= 11 is 16.6. The van der Waals surface area contributed by atoms with Gasteiger partial charge in [-0.2, -0.15) is 0 Å². The van der Waals surface area contributed by atoms with Gasteiger partial charge in [0.05, 0.1) is 5.69 Å². The molecule has 20 heavy (non-hydrogen) atoms. The SMILES string of the molecule is Cc1ccccc1C(=O)c1c[nH]c(C(=O)C(Cl)(Cl)Cl)c1. The van der Waals surface area contributed by atoms with Gasteiger partial charge < -0.3 is 4.98 Å². The summed E-state index contributed by atoms with van der Waals surface area (Å²) in [7, 11) is 0. The van der Waals surface area contributed by atoms with Crippen LogP contribution in [0.15, 0.2) is 36.5 Å². The first-order valence-electron chi connectivity index (χ1n) is 5.71. The average Bonchev–Trinajstić information content (AvgIpc) is 2.86. The Balaban J connectivity index is 2.33. The number of aryl methyl sites for hydroxylation is 1. The molecule has 0 atom stereocenters. The number of benzene rings is 1. The van der Waals surface area contributed by atoms with Crippen LogP contribution in [0.25, 0.3) is 0 Å². The van der Waals surface area contributed by atoms with Gasteiger partial charge in [0, 0.05) is 17.3 Å². The Bertz CT molecular complexity index is 671. The summed E-state index contributed by atoms with van der Waals surface area (Å²) < 4.78 is -2.05. The van der Waals surface area contributed by atoms with Crippen molar-refractivity contribution >= 4 is 46.4 Å². The van der Waals surface area contributed by atoms with Crippen LogP contribution in [0.1, 0.15) is 32.0 Å². The Labute approximate surface area is 130 Å². The Morgan fingerprint density at radius 1 is 1.15 bits per heavy atom. The highest BCUT2D eigenvalue weighted by Gasteiger charge is 2.33. The summed E-state index contributed by atoms with van der Waals surface area (Å²) in [6, 6.07) is 8.58. The summed E-state index contributed by atoms with van der Waals surface area (Å²) in [6.45, 7) is 1.84. The highest BCUT2D eigenvalue weighted by molar-refractivity contribution is 6.77. The fourth-order valence-electron chi connectivity index (χ4n) is 1.79. The van der Waals surface area contributed by atoms with Gasteiger partial charge in [0.15, 0.2) is 5.78 Å². The van der Waals surface area contributed by atoms with E-state index in [9.17, 15) is 9.59 Å². The number of H-pyrrole nitrogens is 1. The fourth-order valence-corrected chi connectivity index (χ4v) is 2.10. The number of carbonyl (C=O) groups excluding carboxylic acids is 2. The number of hydrogen-bond donors (Lipinski definition) is 1. The minimum Gasteiger partial charge on any atom is -0.358 e. The van der Waals surface area contributed by atoms with Crippen LogP contribution in [0.4, 0.5) is 0 Å². The minimum absolute atomic E-state index is 0.0851. The lowest BCUT2D eigenvalue weighted by atomic mass is 10.0. The standard InChI is InChI=1S/C14H10Cl3NO2/c1-8-4-2-3-5-10(8)12(19)9-6-11(18-7-9)13(20)14(15,16)17/h2-7,18H,1H3. The third-order valence-corrected chi connectivity index (χ3v) is 3.35. The molecule has 2 aromatic rings. The molecule has 6 heteroatoms. The number of carbonyl (C=O) groups is 2. The summed E-state index contributed by atoms with van der Waals surface area (Å²) in [5.41, 5.74) is 1.85. The lowest BCUT2D eigenvalue weighted by Gasteiger charge is -2.06. The number of hydrogen-bond acceptors (Lipinski definition) is 2. The number of aromatic amines is 1. The van der Waals surface area contributed by atoms with Crippen molar-refractivity contribution in [3.63, 3.8) is 0 Å². The van der Waals surface area contributed by atoms with Gasteiger partial charge in [-0.1, -0.05) is 59.1 Å². The zero-order chi connectivity index (χ0) is 14.9. The first-order valence-corrected chi connectivity index (χ1v) is 6.84. The zero-order valence-electron chi connectivity index (χ0n) is 10.4. The van der Waals surface area contributed by atoms with Gasteiger partial charge in [-0.3, -0.25) is 9.59 Å². The van der Waals surface area contributed by atoms with E-state index in [1.54, 1.807) is 12.1 Å². The maximum Gasteiger partial charge on any atom is 0.254 e. The van der Waals surface area contributed by atoms with E-state index in [1.807, 2.05) is 19.1 Å². The number of halogens is 3. The summed E-state index contributed by atoms with van der Waals surface area (Å²) in [5.74, 6) is -0.894. The van der Waals surface area contributed by atoms with E-state index in [1.165, 1.54) is 12.3 Å². The molecular weight excluding hydrogens is 321 g/mol. The van der Waals surface area contributed by atoms with Gasteiger partial charge >= 0.3 is 0 Å². The molecule has 3 nitrogen and oxygen atoms in total. The molecule has 0 spiro atoms. The maximum absolute atomic E-state index is 12.3. The quantitative estimate of drug-likeness (QED) is 0.680. The molecule has 0 fully saturated rings. The first-order chi connectivity index (χ1) is 9.30. The van der Waals surface area contributed by atoms with Crippen molar-refractivity contribution in [2.45, 2.75) is 10.7 Å². The van der Waals surface area contributed by atoms with Crippen LogP contribution in [0, 0.1) is 6.92 Å². The molecule has 0 aliphatic carbocycles. The van der Waals surface area contributed by atoms with E-state index < -0.39 is 9.58 Å². The van der Waals surface area contributed by atoms with Crippen LogP contribution >= 0.6 is 34.8 Å². The zero-order valence-corrected chi connectivity index (χ0v) is 12.7. The van der Waals surface area contributed by atoms with Crippen molar-refractivity contribution in [1.82, 2.24) is 4.98 Å². The molecule has 2 rings (SSSR count). The van der Waals surface area contributed by atoms with Crippen LogP contribution < -0.4 is 0 Å². The molecule has 0 radical (unpaired) electrons. The number of Topliss-reactive ketones (excluding diaryl/α,β-unsaturated/α-hetero) is 1.